The Bertz CT molecular complexity index is 455. The molecule has 1 N–H and O–H groups in total. The number of nitrogens with one attached hydrogen (secondary N) is 1. The van der Waals surface area contributed by atoms with E-state index in [0.29, 0.717) is 5.82 Å². The van der Waals surface area contributed by atoms with Gasteiger partial charge in [-0.1, -0.05) is 0 Å². The van der Waals surface area contributed by atoms with Crippen molar-refractivity contribution in [2.24, 2.45) is 0 Å². The number of hydrogen-bond acceptors (Lipinski definition) is 5. The molecule has 0 aliphatic rings. The summed E-state index contributed by atoms with van der Waals surface area (Å²) >= 11 is 0. The summed E-state index contributed by atoms with van der Waals surface area (Å²) < 4.78 is 0. The van der Waals surface area contributed by atoms with Crippen LogP contribution in [-0.2, 0) is 0 Å². The second kappa shape index (κ2) is 4.00. The molecule has 0 spiro atoms. The average molecular weight is 201 g/mol. The Morgan fingerprint density at radius 3 is 2.67 bits per heavy atom. The SMILES string of the molecule is Cc1cnc(C)c(Nc2cnccn2)n1. The van der Waals surface area contributed by atoms with Gasteiger partial charge in [0, 0.05) is 18.6 Å². The molecular weight excluding hydrogens is 190 g/mol. The number of nitrogens with zero attached hydrogens (tertiary/aromatic N) is 4. The molecule has 0 unspecified atom stereocenters. The third-order valence-electron chi connectivity index (χ3n) is 1.89. The quantitative estimate of drug-likeness (QED) is 0.800. The van der Waals surface area contributed by atoms with E-state index in [-0.39, 0.29) is 0 Å². The summed E-state index contributed by atoms with van der Waals surface area (Å²) in [4.78, 5) is 16.6. The Kier molecular flexibility index (Phi) is 2.53. The van der Waals surface area contributed by atoms with Crippen molar-refractivity contribution in [2.45, 2.75) is 13.8 Å². The molecule has 2 rings (SSSR count). The number of aromatic nitrogens is 4. The first-order valence-corrected chi connectivity index (χ1v) is 4.59. The molecule has 76 valence electrons. The van der Waals surface area contributed by atoms with Crippen molar-refractivity contribution in [1.82, 2.24) is 19.9 Å². The molecule has 2 aromatic rings. The topological polar surface area (TPSA) is 63.6 Å². The van der Waals surface area contributed by atoms with Crippen LogP contribution < -0.4 is 5.32 Å². The van der Waals surface area contributed by atoms with Crippen LogP contribution in [0.2, 0.25) is 0 Å². The summed E-state index contributed by atoms with van der Waals surface area (Å²) in [7, 11) is 0. The minimum Gasteiger partial charge on any atom is -0.322 e. The van der Waals surface area contributed by atoms with Crippen LogP contribution >= 0.6 is 0 Å². The van der Waals surface area contributed by atoms with E-state index in [9.17, 15) is 0 Å². The van der Waals surface area contributed by atoms with Crippen molar-refractivity contribution < 1.29 is 0 Å². The molecule has 0 radical (unpaired) electrons. The highest BCUT2D eigenvalue weighted by molar-refractivity contribution is 5.52. The molecule has 0 bridgehead atoms. The van der Waals surface area contributed by atoms with Crippen LogP contribution in [0.5, 0.6) is 0 Å². The van der Waals surface area contributed by atoms with Crippen LogP contribution in [0.4, 0.5) is 11.6 Å². The molecule has 2 heterocycles. The van der Waals surface area contributed by atoms with Gasteiger partial charge in [-0.2, -0.15) is 0 Å². The van der Waals surface area contributed by atoms with E-state index in [1.54, 1.807) is 24.8 Å². The lowest BCUT2D eigenvalue weighted by molar-refractivity contribution is 1.06. The molecule has 0 amide bonds. The predicted molar refractivity (Wildman–Crippen MR) is 56.8 cm³/mol. The molecule has 0 aromatic carbocycles. The average Bonchev–Trinajstić information content (AvgIpc) is 2.25. The van der Waals surface area contributed by atoms with Gasteiger partial charge in [0.1, 0.15) is 5.82 Å². The fourth-order valence-corrected chi connectivity index (χ4v) is 1.14. The zero-order valence-corrected chi connectivity index (χ0v) is 8.60. The fraction of sp³-hybridized carbons (Fsp3) is 0.200. The van der Waals surface area contributed by atoms with Crippen LogP contribution in [0, 0.1) is 13.8 Å². The van der Waals surface area contributed by atoms with E-state index in [0.717, 1.165) is 17.2 Å². The molecule has 5 nitrogen and oxygen atoms in total. The Morgan fingerprint density at radius 2 is 1.93 bits per heavy atom. The summed E-state index contributed by atoms with van der Waals surface area (Å²) in [5.41, 5.74) is 1.71. The molecular formula is C10H11N5. The predicted octanol–water partition coefficient (Wildman–Crippen LogP) is 1.63. The van der Waals surface area contributed by atoms with Crippen molar-refractivity contribution in [3.8, 4) is 0 Å². The maximum atomic E-state index is 4.33. The van der Waals surface area contributed by atoms with Gasteiger partial charge in [-0.25, -0.2) is 9.97 Å². The zero-order chi connectivity index (χ0) is 10.7. The van der Waals surface area contributed by atoms with Crippen molar-refractivity contribution in [3.05, 3.63) is 36.2 Å². The summed E-state index contributed by atoms with van der Waals surface area (Å²) in [5.74, 6) is 1.39. The van der Waals surface area contributed by atoms with Crippen LogP contribution in [-0.4, -0.2) is 19.9 Å². The summed E-state index contributed by atoms with van der Waals surface area (Å²) in [5, 5.41) is 3.07. The van der Waals surface area contributed by atoms with E-state index in [4.69, 9.17) is 0 Å². The molecule has 0 aliphatic heterocycles. The Balaban J connectivity index is 2.28. The molecule has 5 heteroatoms. The molecule has 0 fully saturated rings. The van der Waals surface area contributed by atoms with Gasteiger partial charge in [0.2, 0.25) is 0 Å². The third-order valence-corrected chi connectivity index (χ3v) is 1.89. The lowest BCUT2D eigenvalue weighted by Crippen LogP contribution is -2.01. The second-order valence-electron chi connectivity index (χ2n) is 3.16. The first kappa shape index (κ1) is 9.51. The van der Waals surface area contributed by atoms with Gasteiger partial charge in [0.15, 0.2) is 5.82 Å². The largest absolute Gasteiger partial charge is 0.322 e. The standard InChI is InChI=1S/C10H11N5/c1-7-5-13-8(2)10(14-7)15-9-6-11-3-4-12-9/h3-6H,1-2H3,(H,12,14,15). The first-order chi connectivity index (χ1) is 7.25. The highest BCUT2D eigenvalue weighted by Gasteiger charge is 2.02. The van der Waals surface area contributed by atoms with Gasteiger partial charge < -0.3 is 5.32 Å². The van der Waals surface area contributed by atoms with Crippen LogP contribution in [0.1, 0.15) is 11.4 Å². The fourth-order valence-electron chi connectivity index (χ4n) is 1.14. The van der Waals surface area contributed by atoms with Gasteiger partial charge in [-0.3, -0.25) is 9.97 Å². The monoisotopic (exact) mass is 201 g/mol. The van der Waals surface area contributed by atoms with E-state index in [1.807, 2.05) is 13.8 Å². The van der Waals surface area contributed by atoms with Crippen molar-refractivity contribution in [3.63, 3.8) is 0 Å². The summed E-state index contributed by atoms with van der Waals surface area (Å²) in [6.07, 6.45) is 6.63. The number of rotatable bonds is 2. The second-order valence-corrected chi connectivity index (χ2v) is 3.16. The van der Waals surface area contributed by atoms with Crippen molar-refractivity contribution >= 4 is 11.6 Å². The van der Waals surface area contributed by atoms with Gasteiger partial charge in [-0.05, 0) is 13.8 Å². The molecule has 0 atom stereocenters. The normalized spacial score (nSPS) is 10.0. The highest BCUT2D eigenvalue weighted by atomic mass is 15.1. The van der Waals surface area contributed by atoms with E-state index >= 15 is 0 Å². The number of aryl methyl sites for hydroxylation is 2. The van der Waals surface area contributed by atoms with E-state index < -0.39 is 0 Å². The molecule has 0 aliphatic carbocycles. The summed E-state index contributed by atoms with van der Waals surface area (Å²) in [6.45, 7) is 3.79. The summed E-state index contributed by atoms with van der Waals surface area (Å²) in [6, 6.07) is 0. The van der Waals surface area contributed by atoms with E-state index in [2.05, 4.69) is 25.3 Å². The maximum absolute atomic E-state index is 4.33. The van der Waals surface area contributed by atoms with E-state index in [1.165, 1.54) is 0 Å². The first-order valence-electron chi connectivity index (χ1n) is 4.59. The zero-order valence-electron chi connectivity index (χ0n) is 8.60. The van der Waals surface area contributed by atoms with Gasteiger partial charge in [0.25, 0.3) is 0 Å². The highest BCUT2D eigenvalue weighted by Crippen LogP contribution is 2.13. The smallest absolute Gasteiger partial charge is 0.153 e. The lowest BCUT2D eigenvalue weighted by atomic mass is 10.4. The molecule has 2 aromatic heterocycles. The van der Waals surface area contributed by atoms with Crippen molar-refractivity contribution in [2.75, 3.05) is 5.32 Å². The third kappa shape index (κ3) is 2.25. The number of hydrogen-bond donors (Lipinski definition) is 1. The molecule has 0 saturated heterocycles. The Labute approximate surface area is 87.6 Å². The lowest BCUT2D eigenvalue weighted by Gasteiger charge is -2.06. The van der Waals surface area contributed by atoms with Gasteiger partial charge in [0.05, 0.1) is 17.6 Å². The minimum atomic E-state index is 0.667. The van der Waals surface area contributed by atoms with Crippen LogP contribution in [0.3, 0.4) is 0 Å². The number of anilines is 2. The van der Waals surface area contributed by atoms with Crippen molar-refractivity contribution in [1.29, 1.82) is 0 Å². The molecule has 0 saturated carbocycles. The minimum absolute atomic E-state index is 0.667. The molecule has 15 heavy (non-hydrogen) atoms. The van der Waals surface area contributed by atoms with Crippen LogP contribution in [0.25, 0.3) is 0 Å². The Hall–Kier alpha value is -2.04. The van der Waals surface area contributed by atoms with Gasteiger partial charge in [-0.15, -0.1) is 0 Å². The Morgan fingerprint density at radius 1 is 1.07 bits per heavy atom. The maximum Gasteiger partial charge on any atom is 0.153 e. The van der Waals surface area contributed by atoms with Crippen LogP contribution in [0.15, 0.2) is 24.8 Å². The van der Waals surface area contributed by atoms with Gasteiger partial charge >= 0.3 is 0 Å².